The fourth-order valence-corrected chi connectivity index (χ4v) is 1.78. The quantitative estimate of drug-likeness (QED) is 0.670. The predicted octanol–water partition coefficient (Wildman–Crippen LogP) is 3.02. The summed E-state index contributed by atoms with van der Waals surface area (Å²) in [6.07, 6.45) is 0. The Labute approximate surface area is 118 Å². The highest BCUT2D eigenvalue weighted by atomic mass is 16.5. The van der Waals surface area contributed by atoms with Gasteiger partial charge >= 0.3 is 5.97 Å². The van der Waals surface area contributed by atoms with E-state index < -0.39 is 0 Å². The molecule has 2 aromatic rings. The third kappa shape index (κ3) is 3.51. The van der Waals surface area contributed by atoms with Crippen molar-refractivity contribution in [3.05, 3.63) is 59.7 Å². The van der Waals surface area contributed by atoms with Crippen LogP contribution in [0.25, 0.3) is 0 Å². The van der Waals surface area contributed by atoms with E-state index in [1.165, 1.54) is 0 Å². The van der Waals surface area contributed by atoms with Crippen molar-refractivity contribution in [1.29, 1.82) is 0 Å². The Morgan fingerprint density at radius 2 is 1.95 bits per heavy atom. The molecule has 0 unspecified atom stereocenters. The molecule has 0 atom stereocenters. The third-order valence-electron chi connectivity index (χ3n) is 2.75. The molecule has 0 heterocycles. The molecule has 4 heteroatoms. The zero-order valence-electron chi connectivity index (χ0n) is 11.3. The Balaban J connectivity index is 2.05. The monoisotopic (exact) mass is 271 g/mol. The second-order valence-electron chi connectivity index (χ2n) is 4.25. The van der Waals surface area contributed by atoms with Crippen LogP contribution in [0.3, 0.4) is 0 Å². The highest BCUT2D eigenvalue weighted by molar-refractivity contribution is 5.89. The van der Waals surface area contributed by atoms with Crippen LogP contribution in [0.4, 0.5) is 5.69 Å². The van der Waals surface area contributed by atoms with Crippen LogP contribution in [0, 0.1) is 0 Å². The Bertz CT molecular complexity index is 596. The second-order valence-corrected chi connectivity index (χ2v) is 4.25. The van der Waals surface area contributed by atoms with Crippen LogP contribution in [0.1, 0.15) is 22.8 Å². The van der Waals surface area contributed by atoms with Gasteiger partial charge < -0.3 is 15.2 Å². The first-order valence-electron chi connectivity index (χ1n) is 6.44. The predicted molar refractivity (Wildman–Crippen MR) is 77.6 cm³/mol. The summed E-state index contributed by atoms with van der Waals surface area (Å²) in [7, 11) is 0. The molecule has 2 aromatic carbocycles. The average Bonchev–Trinajstić information content (AvgIpc) is 2.47. The SMILES string of the molecule is CCOC(=O)c1cccc(COc2ccccc2N)c1. The number of hydrogen-bond donors (Lipinski definition) is 1. The minimum Gasteiger partial charge on any atom is -0.487 e. The minimum atomic E-state index is -0.325. The fraction of sp³-hybridized carbons (Fsp3) is 0.188. The van der Waals surface area contributed by atoms with Gasteiger partial charge in [-0.1, -0.05) is 24.3 Å². The summed E-state index contributed by atoms with van der Waals surface area (Å²) in [5.74, 6) is 0.308. The molecule has 0 spiro atoms. The van der Waals surface area contributed by atoms with Gasteiger partial charge in [-0.2, -0.15) is 0 Å². The van der Waals surface area contributed by atoms with Crippen LogP contribution in [-0.2, 0) is 11.3 Å². The molecule has 0 amide bonds. The maximum absolute atomic E-state index is 11.6. The molecule has 0 aromatic heterocycles. The van der Waals surface area contributed by atoms with Crippen molar-refractivity contribution in [2.45, 2.75) is 13.5 Å². The molecule has 0 aliphatic heterocycles. The first-order chi connectivity index (χ1) is 9.70. The molecule has 20 heavy (non-hydrogen) atoms. The zero-order valence-corrected chi connectivity index (χ0v) is 11.3. The molecule has 0 saturated heterocycles. The van der Waals surface area contributed by atoms with E-state index >= 15 is 0 Å². The van der Waals surface area contributed by atoms with E-state index in [9.17, 15) is 4.79 Å². The van der Waals surface area contributed by atoms with Crippen molar-refractivity contribution in [2.75, 3.05) is 12.3 Å². The maximum Gasteiger partial charge on any atom is 0.338 e. The third-order valence-corrected chi connectivity index (χ3v) is 2.75. The van der Waals surface area contributed by atoms with Gasteiger partial charge in [-0.25, -0.2) is 4.79 Å². The number of carbonyl (C=O) groups excluding carboxylic acids is 1. The lowest BCUT2D eigenvalue weighted by molar-refractivity contribution is 0.0526. The molecule has 0 fully saturated rings. The Morgan fingerprint density at radius 1 is 1.15 bits per heavy atom. The lowest BCUT2D eigenvalue weighted by Gasteiger charge is -2.09. The summed E-state index contributed by atoms with van der Waals surface area (Å²) >= 11 is 0. The van der Waals surface area contributed by atoms with Crippen molar-refractivity contribution < 1.29 is 14.3 Å². The molecular weight excluding hydrogens is 254 g/mol. The van der Waals surface area contributed by atoms with Gasteiger partial charge in [-0.15, -0.1) is 0 Å². The Morgan fingerprint density at radius 3 is 2.70 bits per heavy atom. The number of carbonyl (C=O) groups is 1. The smallest absolute Gasteiger partial charge is 0.338 e. The van der Waals surface area contributed by atoms with Crippen molar-refractivity contribution in [1.82, 2.24) is 0 Å². The molecule has 4 nitrogen and oxygen atoms in total. The summed E-state index contributed by atoms with van der Waals surface area (Å²) in [5, 5.41) is 0. The summed E-state index contributed by atoms with van der Waals surface area (Å²) in [6, 6.07) is 14.5. The summed E-state index contributed by atoms with van der Waals surface area (Å²) in [5.41, 5.74) is 7.80. The number of anilines is 1. The number of rotatable bonds is 5. The van der Waals surface area contributed by atoms with Crippen molar-refractivity contribution in [3.63, 3.8) is 0 Å². The van der Waals surface area contributed by atoms with Crippen LogP contribution >= 0.6 is 0 Å². The first kappa shape index (κ1) is 13.9. The van der Waals surface area contributed by atoms with Crippen LogP contribution in [-0.4, -0.2) is 12.6 Å². The van der Waals surface area contributed by atoms with E-state index in [4.69, 9.17) is 15.2 Å². The maximum atomic E-state index is 11.6. The number of hydrogen-bond acceptors (Lipinski definition) is 4. The molecule has 2 N–H and O–H groups in total. The summed E-state index contributed by atoms with van der Waals surface area (Å²) < 4.78 is 10.6. The molecule has 2 rings (SSSR count). The highest BCUT2D eigenvalue weighted by Gasteiger charge is 2.07. The van der Waals surface area contributed by atoms with Gasteiger partial charge in [-0.3, -0.25) is 0 Å². The number of para-hydroxylation sites is 2. The largest absolute Gasteiger partial charge is 0.487 e. The lowest BCUT2D eigenvalue weighted by Crippen LogP contribution is -2.06. The van der Waals surface area contributed by atoms with E-state index in [1.807, 2.05) is 24.3 Å². The van der Waals surface area contributed by atoms with Gasteiger partial charge in [0.25, 0.3) is 0 Å². The lowest BCUT2D eigenvalue weighted by atomic mass is 10.1. The van der Waals surface area contributed by atoms with E-state index in [-0.39, 0.29) is 5.97 Å². The Kier molecular flexibility index (Phi) is 4.60. The second kappa shape index (κ2) is 6.61. The molecule has 0 bridgehead atoms. The van der Waals surface area contributed by atoms with E-state index in [0.29, 0.717) is 30.2 Å². The van der Waals surface area contributed by atoms with Gasteiger partial charge in [-0.05, 0) is 36.8 Å². The normalized spacial score (nSPS) is 10.1. The fourth-order valence-electron chi connectivity index (χ4n) is 1.78. The van der Waals surface area contributed by atoms with Crippen LogP contribution < -0.4 is 10.5 Å². The molecule has 0 radical (unpaired) electrons. The standard InChI is InChI=1S/C16H17NO3/c1-2-19-16(18)13-7-5-6-12(10-13)11-20-15-9-4-3-8-14(15)17/h3-10H,2,11,17H2,1H3. The summed E-state index contributed by atoms with van der Waals surface area (Å²) in [6.45, 7) is 2.49. The van der Waals surface area contributed by atoms with Crippen LogP contribution in [0.5, 0.6) is 5.75 Å². The number of ether oxygens (including phenoxy) is 2. The van der Waals surface area contributed by atoms with Crippen molar-refractivity contribution in [2.24, 2.45) is 0 Å². The molecular formula is C16H17NO3. The average molecular weight is 271 g/mol. The number of nitrogens with two attached hydrogens (primary N) is 1. The van der Waals surface area contributed by atoms with Crippen LogP contribution in [0.15, 0.2) is 48.5 Å². The van der Waals surface area contributed by atoms with Crippen molar-refractivity contribution in [3.8, 4) is 5.75 Å². The molecule has 0 aliphatic carbocycles. The number of benzene rings is 2. The number of nitrogen functional groups attached to an aromatic ring is 1. The molecule has 0 saturated carbocycles. The van der Waals surface area contributed by atoms with Gasteiger partial charge in [0.1, 0.15) is 12.4 Å². The van der Waals surface area contributed by atoms with Crippen LogP contribution in [0.2, 0.25) is 0 Å². The van der Waals surface area contributed by atoms with Gasteiger partial charge in [0, 0.05) is 0 Å². The highest BCUT2D eigenvalue weighted by Crippen LogP contribution is 2.21. The molecule has 0 aliphatic rings. The van der Waals surface area contributed by atoms with Gasteiger partial charge in [0.05, 0.1) is 17.9 Å². The van der Waals surface area contributed by atoms with E-state index in [1.54, 1.807) is 31.2 Å². The Hall–Kier alpha value is -2.49. The van der Waals surface area contributed by atoms with Gasteiger partial charge in [0.2, 0.25) is 0 Å². The van der Waals surface area contributed by atoms with E-state index in [0.717, 1.165) is 5.56 Å². The van der Waals surface area contributed by atoms with Gasteiger partial charge in [0.15, 0.2) is 0 Å². The molecule has 104 valence electrons. The zero-order chi connectivity index (χ0) is 14.4. The van der Waals surface area contributed by atoms with E-state index in [2.05, 4.69) is 0 Å². The minimum absolute atomic E-state index is 0.325. The van der Waals surface area contributed by atoms with Crippen molar-refractivity contribution >= 4 is 11.7 Å². The topological polar surface area (TPSA) is 61.5 Å². The number of esters is 1. The first-order valence-corrected chi connectivity index (χ1v) is 6.44. The summed E-state index contributed by atoms with van der Waals surface area (Å²) in [4.78, 5) is 11.6.